The fourth-order valence-electron chi connectivity index (χ4n) is 1.28. The summed E-state index contributed by atoms with van der Waals surface area (Å²) >= 11 is 0. The van der Waals surface area contributed by atoms with Crippen LogP contribution in [0.15, 0.2) is 30.3 Å². The first-order valence-corrected chi connectivity index (χ1v) is 6.21. The lowest BCUT2D eigenvalue weighted by Gasteiger charge is -2.10. The van der Waals surface area contributed by atoms with Crippen molar-refractivity contribution in [2.45, 2.75) is 19.4 Å². The molecule has 1 atom stereocenters. The molecule has 0 bridgehead atoms. The van der Waals surface area contributed by atoms with E-state index in [-0.39, 0.29) is 6.10 Å². The van der Waals surface area contributed by atoms with Crippen molar-refractivity contribution >= 4 is 10.1 Å². The van der Waals surface area contributed by atoms with E-state index in [9.17, 15) is 8.42 Å². The minimum atomic E-state index is -3.34. The maximum absolute atomic E-state index is 10.8. The highest BCUT2D eigenvalue weighted by Gasteiger charge is 2.10. The summed E-state index contributed by atoms with van der Waals surface area (Å²) in [5.74, 6) is 0. The van der Waals surface area contributed by atoms with E-state index in [0.717, 1.165) is 11.8 Å². The highest BCUT2D eigenvalue weighted by Crippen LogP contribution is 2.07. The molecule has 0 aliphatic heterocycles. The third kappa shape index (κ3) is 4.39. The lowest BCUT2D eigenvalue weighted by Crippen LogP contribution is -2.16. The molecule has 0 fully saturated rings. The monoisotopic (exact) mass is 214 g/mol. The summed E-state index contributed by atoms with van der Waals surface area (Å²) in [6.45, 7) is 1.74. The van der Waals surface area contributed by atoms with Gasteiger partial charge in [-0.1, -0.05) is 30.3 Å². The van der Waals surface area contributed by atoms with E-state index in [0.29, 0.717) is 6.42 Å². The minimum Gasteiger partial charge on any atom is -0.267 e. The second-order valence-corrected chi connectivity index (χ2v) is 4.90. The molecular weight excluding hydrogens is 200 g/mol. The molecule has 0 saturated heterocycles. The molecule has 0 aliphatic rings. The SMILES string of the molecule is C[C@H](Cc1ccccc1)OS(C)(=O)=O. The summed E-state index contributed by atoms with van der Waals surface area (Å²) in [5, 5.41) is 0. The molecule has 0 amide bonds. The summed E-state index contributed by atoms with van der Waals surface area (Å²) < 4.78 is 26.4. The van der Waals surface area contributed by atoms with Gasteiger partial charge in [-0.05, 0) is 18.9 Å². The summed E-state index contributed by atoms with van der Waals surface area (Å²) in [4.78, 5) is 0. The maximum atomic E-state index is 10.8. The Hall–Kier alpha value is -0.870. The van der Waals surface area contributed by atoms with E-state index in [1.165, 1.54) is 0 Å². The van der Waals surface area contributed by atoms with Crippen molar-refractivity contribution in [2.24, 2.45) is 0 Å². The second kappa shape index (κ2) is 4.57. The Labute approximate surface area is 84.8 Å². The van der Waals surface area contributed by atoms with Crippen LogP contribution in [0.4, 0.5) is 0 Å². The van der Waals surface area contributed by atoms with Crippen LogP contribution in [0.25, 0.3) is 0 Å². The Balaban J connectivity index is 2.54. The van der Waals surface area contributed by atoms with Gasteiger partial charge in [-0.15, -0.1) is 0 Å². The molecule has 0 aliphatic carbocycles. The van der Waals surface area contributed by atoms with E-state index in [1.807, 2.05) is 30.3 Å². The summed E-state index contributed by atoms with van der Waals surface area (Å²) in [7, 11) is -3.34. The quantitative estimate of drug-likeness (QED) is 0.715. The van der Waals surface area contributed by atoms with Gasteiger partial charge in [0.2, 0.25) is 0 Å². The van der Waals surface area contributed by atoms with Crippen LogP contribution in [0.3, 0.4) is 0 Å². The number of hydrogen-bond donors (Lipinski definition) is 0. The van der Waals surface area contributed by atoms with Gasteiger partial charge in [0.15, 0.2) is 0 Å². The van der Waals surface area contributed by atoms with Crippen LogP contribution in [0, 0.1) is 0 Å². The third-order valence-corrected chi connectivity index (χ3v) is 2.38. The Morgan fingerprint density at radius 2 is 1.86 bits per heavy atom. The zero-order valence-electron chi connectivity index (χ0n) is 8.30. The number of rotatable bonds is 4. The zero-order chi connectivity index (χ0) is 10.6. The Kier molecular flexibility index (Phi) is 3.66. The van der Waals surface area contributed by atoms with Crippen LogP contribution in [-0.2, 0) is 20.7 Å². The van der Waals surface area contributed by atoms with Crippen molar-refractivity contribution in [1.82, 2.24) is 0 Å². The fourth-order valence-corrected chi connectivity index (χ4v) is 1.94. The van der Waals surface area contributed by atoms with Gasteiger partial charge in [-0.3, -0.25) is 4.18 Å². The first-order chi connectivity index (χ1) is 6.47. The molecule has 4 heteroatoms. The van der Waals surface area contributed by atoms with Gasteiger partial charge in [-0.25, -0.2) is 0 Å². The minimum absolute atomic E-state index is 0.313. The molecule has 1 aromatic carbocycles. The van der Waals surface area contributed by atoms with E-state index in [1.54, 1.807) is 6.92 Å². The first kappa shape index (κ1) is 11.2. The molecule has 14 heavy (non-hydrogen) atoms. The third-order valence-electron chi connectivity index (χ3n) is 1.71. The van der Waals surface area contributed by atoms with Crippen molar-refractivity contribution in [3.63, 3.8) is 0 Å². The number of hydrogen-bond acceptors (Lipinski definition) is 3. The zero-order valence-corrected chi connectivity index (χ0v) is 9.12. The first-order valence-electron chi connectivity index (χ1n) is 4.39. The van der Waals surface area contributed by atoms with E-state index in [2.05, 4.69) is 0 Å². The van der Waals surface area contributed by atoms with Crippen molar-refractivity contribution in [3.05, 3.63) is 35.9 Å². The molecule has 0 unspecified atom stereocenters. The van der Waals surface area contributed by atoms with Crippen LogP contribution in [0.5, 0.6) is 0 Å². The Morgan fingerprint density at radius 3 is 2.36 bits per heavy atom. The van der Waals surface area contributed by atoms with Crippen molar-refractivity contribution in [2.75, 3.05) is 6.26 Å². The van der Waals surface area contributed by atoms with Crippen LogP contribution in [0.2, 0.25) is 0 Å². The standard InChI is InChI=1S/C10H14O3S/c1-9(13-14(2,11)12)8-10-6-4-3-5-7-10/h3-7,9H,8H2,1-2H3/t9-/m1/s1. The smallest absolute Gasteiger partial charge is 0.264 e. The van der Waals surface area contributed by atoms with Gasteiger partial charge in [0, 0.05) is 0 Å². The van der Waals surface area contributed by atoms with Crippen LogP contribution >= 0.6 is 0 Å². The van der Waals surface area contributed by atoms with Gasteiger partial charge < -0.3 is 0 Å². The second-order valence-electron chi connectivity index (χ2n) is 3.30. The van der Waals surface area contributed by atoms with Gasteiger partial charge in [0.25, 0.3) is 10.1 Å². The van der Waals surface area contributed by atoms with Crippen LogP contribution < -0.4 is 0 Å². The summed E-state index contributed by atoms with van der Waals surface area (Å²) in [6.07, 6.45) is 1.36. The normalized spacial score (nSPS) is 13.9. The largest absolute Gasteiger partial charge is 0.267 e. The average molecular weight is 214 g/mol. The molecule has 0 saturated carbocycles. The van der Waals surface area contributed by atoms with Crippen molar-refractivity contribution in [3.8, 4) is 0 Å². The Morgan fingerprint density at radius 1 is 1.29 bits per heavy atom. The van der Waals surface area contributed by atoms with Gasteiger partial charge in [-0.2, -0.15) is 8.42 Å². The van der Waals surface area contributed by atoms with Crippen molar-refractivity contribution < 1.29 is 12.6 Å². The lowest BCUT2D eigenvalue weighted by molar-refractivity contribution is 0.232. The van der Waals surface area contributed by atoms with Gasteiger partial charge in [0.05, 0.1) is 12.4 Å². The highest BCUT2D eigenvalue weighted by molar-refractivity contribution is 7.86. The van der Waals surface area contributed by atoms with Crippen LogP contribution in [-0.4, -0.2) is 20.8 Å². The van der Waals surface area contributed by atoms with Gasteiger partial charge >= 0.3 is 0 Å². The molecule has 1 rings (SSSR count). The van der Waals surface area contributed by atoms with E-state index < -0.39 is 10.1 Å². The molecule has 0 spiro atoms. The molecule has 1 aromatic rings. The highest BCUT2D eigenvalue weighted by atomic mass is 32.2. The fraction of sp³-hybridized carbons (Fsp3) is 0.400. The molecule has 78 valence electrons. The molecule has 3 nitrogen and oxygen atoms in total. The van der Waals surface area contributed by atoms with Crippen LogP contribution in [0.1, 0.15) is 12.5 Å². The molecule has 0 radical (unpaired) electrons. The Bertz CT molecular complexity index is 370. The summed E-state index contributed by atoms with van der Waals surface area (Å²) in [6, 6.07) is 9.65. The lowest BCUT2D eigenvalue weighted by atomic mass is 10.1. The molecular formula is C10H14O3S. The summed E-state index contributed by atoms with van der Waals surface area (Å²) in [5.41, 5.74) is 1.07. The van der Waals surface area contributed by atoms with E-state index in [4.69, 9.17) is 4.18 Å². The van der Waals surface area contributed by atoms with Gasteiger partial charge in [0.1, 0.15) is 0 Å². The predicted octanol–water partition coefficient (Wildman–Crippen LogP) is 1.59. The van der Waals surface area contributed by atoms with E-state index >= 15 is 0 Å². The predicted molar refractivity (Wildman–Crippen MR) is 55.5 cm³/mol. The topological polar surface area (TPSA) is 43.4 Å². The average Bonchev–Trinajstić information content (AvgIpc) is 2.02. The maximum Gasteiger partial charge on any atom is 0.264 e. The molecule has 0 heterocycles. The van der Waals surface area contributed by atoms with Crippen molar-refractivity contribution in [1.29, 1.82) is 0 Å². The molecule has 0 aromatic heterocycles. The molecule has 0 N–H and O–H groups in total. The number of benzene rings is 1.